The van der Waals surface area contributed by atoms with Crippen LogP contribution < -0.4 is 4.90 Å². The Morgan fingerprint density at radius 1 is 1.24 bits per heavy atom. The molecular weight excluding hydrogens is 267 g/mol. The maximum atomic E-state index is 12.9. The van der Waals surface area contributed by atoms with Gasteiger partial charge in [-0.05, 0) is 36.8 Å². The van der Waals surface area contributed by atoms with Gasteiger partial charge in [-0.3, -0.25) is 0 Å². The van der Waals surface area contributed by atoms with Crippen LogP contribution >= 0.6 is 0 Å². The summed E-state index contributed by atoms with van der Waals surface area (Å²) in [7, 11) is 1.88. The highest BCUT2D eigenvalue weighted by atomic mass is 19.1. The van der Waals surface area contributed by atoms with Crippen molar-refractivity contribution in [1.29, 1.82) is 5.26 Å². The Bertz CT molecular complexity index is 659. The van der Waals surface area contributed by atoms with E-state index >= 15 is 0 Å². The van der Waals surface area contributed by atoms with E-state index in [4.69, 9.17) is 5.26 Å². The molecule has 0 spiro atoms. The lowest BCUT2D eigenvalue weighted by atomic mass is 10.0. The highest BCUT2D eigenvalue weighted by Gasteiger charge is 2.13. The fourth-order valence-corrected chi connectivity index (χ4v) is 2.25. The molecular formula is C17H17FN2O. The van der Waals surface area contributed by atoms with Crippen LogP contribution in [0, 0.1) is 17.1 Å². The van der Waals surface area contributed by atoms with Crippen molar-refractivity contribution in [3.63, 3.8) is 0 Å². The summed E-state index contributed by atoms with van der Waals surface area (Å²) in [5.74, 6) is -0.266. The fraction of sp³-hybridized carbons (Fsp3) is 0.235. The first-order valence-corrected chi connectivity index (χ1v) is 6.69. The molecule has 3 nitrogen and oxygen atoms in total. The van der Waals surface area contributed by atoms with Crippen LogP contribution in [0.1, 0.15) is 29.7 Å². The Hall–Kier alpha value is -2.38. The summed E-state index contributed by atoms with van der Waals surface area (Å²) in [5, 5.41) is 18.9. The molecule has 2 aromatic carbocycles. The first-order chi connectivity index (χ1) is 10.0. The topological polar surface area (TPSA) is 47.3 Å². The molecule has 108 valence electrons. The smallest absolute Gasteiger partial charge is 0.123 e. The molecule has 21 heavy (non-hydrogen) atoms. The highest BCUT2D eigenvalue weighted by Crippen LogP contribution is 2.28. The SMILES string of the molecule is CC(O)c1ccc(C#N)cc1N(C)Cc1ccc(F)cc1. The van der Waals surface area contributed by atoms with Gasteiger partial charge >= 0.3 is 0 Å². The highest BCUT2D eigenvalue weighted by molar-refractivity contribution is 5.58. The van der Waals surface area contributed by atoms with Crippen LogP contribution in [-0.2, 0) is 6.54 Å². The van der Waals surface area contributed by atoms with Gasteiger partial charge in [0.15, 0.2) is 0 Å². The molecule has 0 aliphatic carbocycles. The number of nitrogens with zero attached hydrogens (tertiary/aromatic N) is 2. The van der Waals surface area contributed by atoms with E-state index in [2.05, 4.69) is 6.07 Å². The molecule has 0 bridgehead atoms. The lowest BCUT2D eigenvalue weighted by molar-refractivity contribution is 0.199. The van der Waals surface area contributed by atoms with Crippen LogP contribution in [0.4, 0.5) is 10.1 Å². The molecule has 0 aliphatic heterocycles. The molecule has 1 unspecified atom stereocenters. The van der Waals surface area contributed by atoms with E-state index in [-0.39, 0.29) is 5.82 Å². The minimum atomic E-state index is -0.622. The molecule has 0 amide bonds. The van der Waals surface area contributed by atoms with Crippen molar-refractivity contribution in [3.05, 3.63) is 65.0 Å². The van der Waals surface area contributed by atoms with Crippen LogP contribution in [0.15, 0.2) is 42.5 Å². The van der Waals surface area contributed by atoms with Gasteiger partial charge in [-0.25, -0.2) is 4.39 Å². The number of anilines is 1. The summed E-state index contributed by atoms with van der Waals surface area (Å²) in [5.41, 5.74) is 3.06. The second kappa shape index (κ2) is 6.38. The lowest BCUT2D eigenvalue weighted by Gasteiger charge is -2.24. The number of halogens is 1. The van der Waals surface area contributed by atoms with Gasteiger partial charge in [0.25, 0.3) is 0 Å². The van der Waals surface area contributed by atoms with Crippen molar-refractivity contribution in [1.82, 2.24) is 0 Å². The van der Waals surface area contributed by atoms with Crippen molar-refractivity contribution in [3.8, 4) is 6.07 Å². The van der Waals surface area contributed by atoms with E-state index in [1.165, 1.54) is 12.1 Å². The van der Waals surface area contributed by atoms with Crippen LogP contribution in [0.3, 0.4) is 0 Å². The predicted molar refractivity (Wildman–Crippen MR) is 80.3 cm³/mol. The van der Waals surface area contributed by atoms with Crippen molar-refractivity contribution in [2.75, 3.05) is 11.9 Å². The molecule has 0 aromatic heterocycles. The van der Waals surface area contributed by atoms with Crippen LogP contribution in [0.5, 0.6) is 0 Å². The average Bonchev–Trinajstić information content (AvgIpc) is 2.48. The molecule has 0 fully saturated rings. The number of aliphatic hydroxyl groups excluding tert-OH is 1. The van der Waals surface area contributed by atoms with Gasteiger partial charge in [0, 0.05) is 24.8 Å². The zero-order valence-corrected chi connectivity index (χ0v) is 12.0. The maximum Gasteiger partial charge on any atom is 0.123 e. The van der Waals surface area contributed by atoms with E-state index < -0.39 is 6.10 Å². The molecule has 0 aliphatic rings. The summed E-state index contributed by atoms with van der Waals surface area (Å²) in [4.78, 5) is 1.94. The summed E-state index contributed by atoms with van der Waals surface area (Å²) in [6, 6.07) is 13.6. The third-order valence-corrected chi connectivity index (χ3v) is 3.35. The van der Waals surface area contributed by atoms with Gasteiger partial charge in [0.1, 0.15) is 5.82 Å². The van der Waals surface area contributed by atoms with Gasteiger partial charge in [-0.1, -0.05) is 18.2 Å². The van der Waals surface area contributed by atoms with Crippen LogP contribution in [0.2, 0.25) is 0 Å². The summed E-state index contributed by atoms with van der Waals surface area (Å²) in [6.07, 6.45) is -0.622. The largest absolute Gasteiger partial charge is 0.389 e. The first kappa shape index (κ1) is 15.0. The zero-order chi connectivity index (χ0) is 15.4. The summed E-state index contributed by atoms with van der Waals surface area (Å²) >= 11 is 0. The number of nitriles is 1. The normalized spacial score (nSPS) is 11.8. The first-order valence-electron chi connectivity index (χ1n) is 6.69. The minimum Gasteiger partial charge on any atom is -0.389 e. The Kier molecular flexibility index (Phi) is 4.56. The Balaban J connectivity index is 2.31. The van der Waals surface area contributed by atoms with Gasteiger partial charge < -0.3 is 10.0 Å². The molecule has 4 heteroatoms. The Labute approximate surface area is 123 Å². The monoisotopic (exact) mass is 284 g/mol. The molecule has 2 rings (SSSR count). The average molecular weight is 284 g/mol. The van der Waals surface area contributed by atoms with Crippen LogP contribution in [-0.4, -0.2) is 12.2 Å². The number of benzene rings is 2. The third kappa shape index (κ3) is 3.59. The molecule has 2 aromatic rings. The van der Waals surface area contributed by atoms with Gasteiger partial charge in [-0.15, -0.1) is 0 Å². The second-order valence-electron chi connectivity index (χ2n) is 5.04. The van der Waals surface area contributed by atoms with E-state index in [0.717, 1.165) is 16.8 Å². The van der Waals surface area contributed by atoms with E-state index in [0.29, 0.717) is 12.1 Å². The van der Waals surface area contributed by atoms with Crippen molar-refractivity contribution in [2.45, 2.75) is 19.6 Å². The zero-order valence-electron chi connectivity index (χ0n) is 12.0. The predicted octanol–water partition coefficient (Wildman–Crippen LogP) is 3.39. The van der Waals surface area contributed by atoms with Gasteiger partial charge in [0.2, 0.25) is 0 Å². The molecule has 0 heterocycles. The third-order valence-electron chi connectivity index (χ3n) is 3.35. The maximum absolute atomic E-state index is 12.9. The van der Waals surface area contributed by atoms with E-state index in [9.17, 15) is 9.50 Å². The van der Waals surface area contributed by atoms with Gasteiger partial charge in [0.05, 0.1) is 17.7 Å². The molecule has 1 N–H and O–H groups in total. The van der Waals surface area contributed by atoms with Crippen molar-refractivity contribution < 1.29 is 9.50 Å². The standard InChI is InChI=1S/C17H17FN2O/c1-12(21)16-8-5-14(10-19)9-17(16)20(2)11-13-3-6-15(18)7-4-13/h3-9,12,21H,11H2,1-2H3. The molecule has 0 radical (unpaired) electrons. The number of hydrogen-bond donors (Lipinski definition) is 1. The van der Waals surface area contributed by atoms with Gasteiger partial charge in [-0.2, -0.15) is 5.26 Å². The minimum absolute atomic E-state index is 0.266. The van der Waals surface area contributed by atoms with E-state index in [1.807, 2.05) is 11.9 Å². The second-order valence-corrected chi connectivity index (χ2v) is 5.04. The van der Waals surface area contributed by atoms with E-state index in [1.54, 1.807) is 37.3 Å². The Morgan fingerprint density at radius 3 is 2.48 bits per heavy atom. The van der Waals surface area contributed by atoms with Crippen molar-refractivity contribution >= 4 is 5.69 Å². The molecule has 1 atom stereocenters. The summed E-state index contributed by atoms with van der Waals surface area (Å²) in [6.45, 7) is 2.26. The molecule has 0 saturated carbocycles. The number of rotatable bonds is 4. The Morgan fingerprint density at radius 2 is 1.90 bits per heavy atom. The fourth-order valence-electron chi connectivity index (χ4n) is 2.25. The lowest BCUT2D eigenvalue weighted by Crippen LogP contribution is -2.18. The van der Waals surface area contributed by atoms with Crippen molar-refractivity contribution in [2.24, 2.45) is 0 Å². The molecule has 0 saturated heterocycles. The number of hydrogen-bond acceptors (Lipinski definition) is 3. The van der Waals surface area contributed by atoms with Crippen LogP contribution in [0.25, 0.3) is 0 Å². The number of aliphatic hydroxyl groups is 1. The summed E-state index contributed by atoms with van der Waals surface area (Å²) < 4.78 is 12.9. The quantitative estimate of drug-likeness (QED) is 0.936.